The van der Waals surface area contributed by atoms with E-state index in [1.807, 2.05) is 0 Å². The third kappa shape index (κ3) is 2.67. The predicted molar refractivity (Wildman–Crippen MR) is 41.5 cm³/mol. The van der Waals surface area contributed by atoms with Gasteiger partial charge in [0.2, 0.25) is 0 Å². The molecule has 0 aromatic heterocycles. The number of primary amides is 1. The molecular formula is C6H10ClNO4. The molecule has 0 aliphatic carbocycles. The molecule has 0 radical (unpaired) electrons. The summed E-state index contributed by atoms with van der Waals surface area (Å²) in [6, 6.07) is 0. The van der Waals surface area contributed by atoms with Gasteiger partial charge in [0.15, 0.2) is 5.60 Å². The average molecular weight is 196 g/mol. The Kier molecular flexibility index (Phi) is 3.99. The van der Waals surface area contributed by atoms with Crippen LogP contribution in [0.25, 0.3) is 0 Å². The van der Waals surface area contributed by atoms with Crippen molar-refractivity contribution in [3.63, 3.8) is 0 Å². The van der Waals surface area contributed by atoms with E-state index in [0.717, 1.165) is 7.11 Å². The van der Waals surface area contributed by atoms with Gasteiger partial charge in [0, 0.05) is 0 Å². The second-order valence-corrected chi connectivity index (χ2v) is 2.55. The first-order chi connectivity index (χ1) is 5.46. The molecule has 0 rings (SSSR count). The highest BCUT2D eigenvalue weighted by atomic mass is 35.5. The minimum absolute atomic E-state index is 0.433. The zero-order chi connectivity index (χ0) is 9.78. The van der Waals surface area contributed by atoms with E-state index >= 15 is 0 Å². The van der Waals surface area contributed by atoms with Crippen molar-refractivity contribution >= 4 is 23.5 Å². The Morgan fingerprint density at radius 2 is 2.17 bits per heavy atom. The van der Waals surface area contributed by atoms with E-state index < -0.39 is 29.8 Å². The SMILES string of the molecule is COC(=O)CC(O)(CCl)C(N)=O. The van der Waals surface area contributed by atoms with E-state index in [1.54, 1.807) is 0 Å². The zero-order valence-electron chi connectivity index (χ0n) is 6.54. The lowest BCUT2D eigenvalue weighted by Crippen LogP contribution is -2.47. The number of carbonyl (C=O) groups is 2. The van der Waals surface area contributed by atoms with Gasteiger partial charge in [-0.15, -0.1) is 11.6 Å². The molecule has 0 heterocycles. The van der Waals surface area contributed by atoms with Crippen molar-refractivity contribution in [2.45, 2.75) is 12.0 Å². The average Bonchev–Trinajstić information content (AvgIpc) is 2.03. The van der Waals surface area contributed by atoms with Crippen molar-refractivity contribution in [3.8, 4) is 0 Å². The molecule has 5 nitrogen and oxygen atoms in total. The molecule has 0 aromatic rings. The number of rotatable bonds is 4. The fraction of sp³-hybridized carbons (Fsp3) is 0.667. The number of carbonyl (C=O) groups excluding carboxylic acids is 2. The molecule has 0 aliphatic rings. The second kappa shape index (κ2) is 4.27. The van der Waals surface area contributed by atoms with Crippen LogP contribution in [0.15, 0.2) is 0 Å². The van der Waals surface area contributed by atoms with Crippen LogP contribution in [0.2, 0.25) is 0 Å². The fourth-order valence-electron chi connectivity index (χ4n) is 0.511. The minimum Gasteiger partial charge on any atom is -0.469 e. The van der Waals surface area contributed by atoms with Crippen molar-refractivity contribution in [2.24, 2.45) is 5.73 Å². The van der Waals surface area contributed by atoms with Crippen molar-refractivity contribution in [1.82, 2.24) is 0 Å². The summed E-state index contributed by atoms with van der Waals surface area (Å²) in [5.41, 5.74) is 2.80. The van der Waals surface area contributed by atoms with Crippen LogP contribution < -0.4 is 5.73 Å². The van der Waals surface area contributed by atoms with Crippen LogP contribution in [0.4, 0.5) is 0 Å². The Morgan fingerprint density at radius 3 is 2.42 bits per heavy atom. The maximum absolute atomic E-state index is 10.6. The van der Waals surface area contributed by atoms with Crippen LogP contribution in [-0.2, 0) is 14.3 Å². The Balaban J connectivity index is 4.34. The van der Waals surface area contributed by atoms with E-state index in [9.17, 15) is 14.7 Å². The van der Waals surface area contributed by atoms with Gasteiger partial charge in [-0.1, -0.05) is 0 Å². The number of aliphatic hydroxyl groups is 1. The molecule has 1 atom stereocenters. The van der Waals surface area contributed by atoms with Gasteiger partial charge in [0.05, 0.1) is 19.4 Å². The van der Waals surface area contributed by atoms with Gasteiger partial charge in [0.25, 0.3) is 5.91 Å². The fourth-order valence-corrected chi connectivity index (χ4v) is 0.737. The Bertz CT molecular complexity index is 196. The van der Waals surface area contributed by atoms with Gasteiger partial charge >= 0.3 is 5.97 Å². The molecule has 0 aliphatic heterocycles. The maximum Gasteiger partial charge on any atom is 0.309 e. The third-order valence-corrected chi connectivity index (χ3v) is 1.79. The maximum atomic E-state index is 10.6. The molecule has 0 saturated carbocycles. The molecule has 1 amide bonds. The Morgan fingerprint density at radius 1 is 1.67 bits per heavy atom. The predicted octanol–water partition coefficient (Wildman–Crippen LogP) is -0.995. The molecule has 0 fully saturated rings. The van der Waals surface area contributed by atoms with Crippen LogP contribution in [0.1, 0.15) is 6.42 Å². The lowest BCUT2D eigenvalue weighted by atomic mass is 10.0. The monoisotopic (exact) mass is 195 g/mol. The lowest BCUT2D eigenvalue weighted by Gasteiger charge is -2.19. The number of hydrogen-bond donors (Lipinski definition) is 2. The highest BCUT2D eigenvalue weighted by Crippen LogP contribution is 2.12. The van der Waals surface area contributed by atoms with Gasteiger partial charge in [-0.05, 0) is 0 Å². The zero-order valence-corrected chi connectivity index (χ0v) is 7.30. The summed E-state index contributed by atoms with van der Waals surface area (Å²) in [7, 11) is 1.14. The molecule has 3 N–H and O–H groups in total. The Hall–Kier alpha value is -0.810. The van der Waals surface area contributed by atoms with Gasteiger partial charge in [0.1, 0.15) is 0 Å². The van der Waals surface area contributed by atoms with Gasteiger partial charge < -0.3 is 15.6 Å². The molecule has 6 heteroatoms. The summed E-state index contributed by atoms with van der Waals surface area (Å²) in [5.74, 6) is -2.21. The first-order valence-electron chi connectivity index (χ1n) is 3.11. The summed E-state index contributed by atoms with van der Waals surface area (Å²) >= 11 is 5.25. The number of halogens is 1. The summed E-state index contributed by atoms with van der Waals surface area (Å²) in [6.45, 7) is 0. The van der Waals surface area contributed by atoms with E-state index in [0.29, 0.717) is 0 Å². The highest BCUT2D eigenvalue weighted by molar-refractivity contribution is 6.20. The van der Waals surface area contributed by atoms with Crippen LogP contribution in [0.3, 0.4) is 0 Å². The molecular weight excluding hydrogens is 186 g/mol. The quantitative estimate of drug-likeness (QED) is 0.445. The van der Waals surface area contributed by atoms with Crippen LogP contribution in [-0.4, -0.2) is 35.6 Å². The number of methoxy groups -OCH3 is 1. The van der Waals surface area contributed by atoms with Gasteiger partial charge in [-0.2, -0.15) is 0 Å². The van der Waals surface area contributed by atoms with Crippen molar-refractivity contribution in [1.29, 1.82) is 0 Å². The van der Waals surface area contributed by atoms with E-state index in [4.69, 9.17) is 17.3 Å². The summed E-state index contributed by atoms with van der Waals surface area (Å²) in [5, 5.41) is 9.29. The molecule has 70 valence electrons. The minimum atomic E-state index is -2.01. The molecule has 0 aromatic carbocycles. The van der Waals surface area contributed by atoms with Crippen molar-refractivity contribution in [2.75, 3.05) is 13.0 Å². The third-order valence-electron chi connectivity index (χ3n) is 1.34. The number of ether oxygens (including phenoxy) is 1. The molecule has 0 spiro atoms. The smallest absolute Gasteiger partial charge is 0.309 e. The first-order valence-corrected chi connectivity index (χ1v) is 3.65. The summed E-state index contributed by atoms with van der Waals surface area (Å²) in [6.07, 6.45) is -0.525. The second-order valence-electron chi connectivity index (χ2n) is 2.28. The number of alkyl halides is 1. The van der Waals surface area contributed by atoms with Crippen LogP contribution >= 0.6 is 11.6 Å². The van der Waals surface area contributed by atoms with E-state index in [1.165, 1.54) is 0 Å². The highest BCUT2D eigenvalue weighted by Gasteiger charge is 2.36. The van der Waals surface area contributed by atoms with E-state index in [-0.39, 0.29) is 0 Å². The summed E-state index contributed by atoms with van der Waals surface area (Å²) < 4.78 is 4.23. The normalized spacial score (nSPS) is 14.9. The standard InChI is InChI=1S/C6H10ClNO4/c1-12-4(9)2-6(11,3-7)5(8)10/h11H,2-3H2,1H3,(H2,8,10). The number of esters is 1. The van der Waals surface area contributed by atoms with Crippen molar-refractivity contribution in [3.05, 3.63) is 0 Å². The largest absolute Gasteiger partial charge is 0.469 e. The van der Waals surface area contributed by atoms with Crippen LogP contribution in [0, 0.1) is 0 Å². The number of amides is 1. The topological polar surface area (TPSA) is 89.6 Å². The Labute approximate surface area is 74.4 Å². The van der Waals surface area contributed by atoms with Gasteiger partial charge in [-0.3, -0.25) is 9.59 Å². The van der Waals surface area contributed by atoms with E-state index in [2.05, 4.69) is 4.74 Å². The molecule has 0 saturated heterocycles. The van der Waals surface area contributed by atoms with Crippen molar-refractivity contribution < 1.29 is 19.4 Å². The lowest BCUT2D eigenvalue weighted by molar-refractivity contribution is -0.151. The van der Waals surface area contributed by atoms with Gasteiger partial charge in [-0.25, -0.2) is 0 Å². The number of nitrogens with two attached hydrogens (primary N) is 1. The number of hydrogen-bond acceptors (Lipinski definition) is 4. The molecule has 1 unspecified atom stereocenters. The molecule has 0 bridgehead atoms. The summed E-state index contributed by atoms with van der Waals surface area (Å²) in [4.78, 5) is 21.2. The first kappa shape index (κ1) is 11.2. The molecule has 12 heavy (non-hydrogen) atoms. The van der Waals surface area contributed by atoms with Crippen LogP contribution in [0.5, 0.6) is 0 Å².